The molecule has 3 rings (SSSR count). The summed E-state index contributed by atoms with van der Waals surface area (Å²) in [5.74, 6) is 0. The van der Waals surface area contributed by atoms with Crippen molar-refractivity contribution in [1.29, 1.82) is 5.26 Å². The molecule has 0 amide bonds. The Balaban J connectivity index is 2.68. The molecule has 0 unspecified atom stereocenters. The predicted octanol–water partition coefficient (Wildman–Crippen LogP) is 1.77. The van der Waals surface area contributed by atoms with Crippen molar-refractivity contribution in [3.63, 3.8) is 0 Å². The lowest BCUT2D eigenvalue weighted by molar-refractivity contribution is 0.895. The van der Waals surface area contributed by atoms with Crippen LogP contribution in [0.2, 0.25) is 0 Å². The lowest BCUT2D eigenvalue weighted by Gasteiger charge is -2.02. The van der Waals surface area contributed by atoms with Crippen LogP contribution in [0.5, 0.6) is 0 Å². The molecule has 3 heterocycles. The molecule has 0 aliphatic rings. The SMILES string of the molecule is Cc1cn2cccc2c2c(C#N)cnn12. The van der Waals surface area contributed by atoms with Gasteiger partial charge in [0.05, 0.1) is 23.0 Å². The first-order chi connectivity index (χ1) is 7.31. The van der Waals surface area contributed by atoms with Gasteiger partial charge in [0.25, 0.3) is 0 Å². The van der Waals surface area contributed by atoms with Gasteiger partial charge < -0.3 is 4.40 Å². The van der Waals surface area contributed by atoms with Gasteiger partial charge >= 0.3 is 0 Å². The standard InChI is InChI=1S/C11H8N4/c1-8-7-14-4-2-3-10(14)11-9(5-12)6-13-15(8)11/h2-4,6-7H,1H3. The van der Waals surface area contributed by atoms with Gasteiger partial charge in [-0.15, -0.1) is 0 Å². The number of aryl methyl sites for hydroxylation is 1. The first-order valence-electron chi connectivity index (χ1n) is 4.65. The molecule has 0 bridgehead atoms. The number of nitrogens with zero attached hydrogens (tertiary/aromatic N) is 4. The van der Waals surface area contributed by atoms with E-state index in [1.807, 2.05) is 35.9 Å². The number of nitriles is 1. The van der Waals surface area contributed by atoms with Crippen molar-refractivity contribution in [2.75, 3.05) is 0 Å². The predicted molar refractivity (Wildman–Crippen MR) is 55.6 cm³/mol. The topological polar surface area (TPSA) is 45.5 Å². The zero-order chi connectivity index (χ0) is 10.4. The number of hydrogen-bond acceptors (Lipinski definition) is 2. The van der Waals surface area contributed by atoms with Crippen molar-refractivity contribution in [3.05, 3.63) is 42.0 Å². The highest BCUT2D eigenvalue weighted by molar-refractivity contribution is 5.81. The molecule has 4 heteroatoms. The highest BCUT2D eigenvalue weighted by Gasteiger charge is 2.09. The van der Waals surface area contributed by atoms with Crippen LogP contribution in [0.25, 0.3) is 11.0 Å². The zero-order valence-corrected chi connectivity index (χ0v) is 8.18. The molecule has 0 fully saturated rings. The highest BCUT2D eigenvalue weighted by Crippen LogP contribution is 2.18. The summed E-state index contributed by atoms with van der Waals surface area (Å²) < 4.78 is 3.81. The summed E-state index contributed by atoms with van der Waals surface area (Å²) >= 11 is 0. The summed E-state index contributed by atoms with van der Waals surface area (Å²) in [6, 6.07) is 6.11. The molecule has 0 N–H and O–H groups in total. The Morgan fingerprint density at radius 1 is 1.47 bits per heavy atom. The molecule has 0 aliphatic heterocycles. The molecule has 0 aliphatic carbocycles. The van der Waals surface area contributed by atoms with Crippen molar-refractivity contribution < 1.29 is 0 Å². The van der Waals surface area contributed by atoms with E-state index in [-0.39, 0.29) is 0 Å². The maximum atomic E-state index is 9.00. The second kappa shape index (κ2) is 2.61. The maximum Gasteiger partial charge on any atom is 0.108 e. The minimum absolute atomic E-state index is 0.613. The molecule has 0 saturated heterocycles. The van der Waals surface area contributed by atoms with Gasteiger partial charge in [-0.2, -0.15) is 10.4 Å². The average Bonchev–Trinajstić information content (AvgIpc) is 2.81. The third kappa shape index (κ3) is 0.919. The van der Waals surface area contributed by atoms with Crippen LogP contribution in [-0.2, 0) is 0 Å². The minimum Gasteiger partial charge on any atom is -0.320 e. The summed E-state index contributed by atoms with van der Waals surface area (Å²) in [4.78, 5) is 0. The highest BCUT2D eigenvalue weighted by atomic mass is 15.2. The van der Waals surface area contributed by atoms with E-state index in [4.69, 9.17) is 5.26 Å². The van der Waals surface area contributed by atoms with Gasteiger partial charge in [-0.3, -0.25) is 0 Å². The maximum absolute atomic E-state index is 9.00. The van der Waals surface area contributed by atoms with Crippen molar-refractivity contribution in [2.24, 2.45) is 0 Å². The minimum atomic E-state index is 0.613. The van der Waals surface area contributed by atoms with Gasteiger partial charge in [-0.05, 0) is 19.1 Å². The number of rotatable bonds is 0. The van der Waals surface area contributed by atoms with Crippen molar-refractivity contribution >= 4 is 11.0 Å². The van der Waals surface area contributed by atoms with E-state index in [0.717, 1.165) is 16.7 Å². The van der Waals surface area contributed by atoms with Crippen molar-refractivity contribution in [1.82, 2.24) is 14.0 Å². The van der Waals surface area contributed by atoms with E-state index in [0.29, 0.717) is 5.56 Å². The van der Waals surface area contributed by atoms with E-state index < -0.39 is 0 Å². The third-order valence-electron chi connectivity index (χ3n) is 2.57. The van der Waals surface area contributed by atoms with Gasteiger partial charge in [0.1, 0.15) is 11.6 Å². The van der Waals surface area contributed by atoms with Gasteiger partial charge in [0.2, 0.25) is 0 Å². The lowest BCUT2D eigenvalue weighted by atomic mass is 10.3. The summed E-state index contributed by atoms with van der Waals surface area (Å²) in [6.45, 7) is 1.97. The molecular weight excluding hydrogens is 188 g/mol. The van der Waals surface area contributed by atoms with E-state index in [2.05, 4.69) is 11.2 Å². The molecule has 15 heavy (non-hydrogen) atoms. The lowest BCUT2D eigenvalue weighted by Crippen LogP contribution is -1.97. The van der Waals surface area contributed by atoms with Crippen LogP contribution in [0.3, 0.4) is 0 Å². The van der Waals surface area contributed by atoms with Gasteiger partial charge in [-0.25, -0.2) is 4.52 Å². The normalized spacial score (nSPS) is 10.9. The second-order valence-corrected chi connectivity index (χ2v) is 3.50. The summed E-state index contributed by atoms with van der Waals surface area (Å²) in [7, 11) is 0. The average molecular weight is 196 g/mol. The van der Waals surface area contributed by atoms with E-state index in [9.17, 15) is 0 Å². The molecule has 4 nitrogen and oxygen atoms in total. The van der Waals surface area contributed by atoms with Crippen molar-refractivity contribution in [2.45, 2.75) is 6.92 Å². The molecular formula is C11H8N4. The fraction of sp³-hybridized carbons (Fsp3) is 0.0909. The van der Waals surface area contributed by atoms with Crippen LogP contribution in [0.4, 0.5) is 0 Å². The third-order valence-corrected chi connectivity index (χ3v) is 2.57. The molecule has 72 valence electrons. The smallest absolute Gasteiger partial charge is 0.108 e. The quantitative estimate of drug-likeness (QED) is 0.550. The first kappa shape index (κ1) is 8.06. The fourth-order valence-corrected chi connectivity index (χ4v) is 1.91. The second-order valence-electron chi connectivity index (χ2n) is 3.50. The number of fused-ring (bicyclic) bond motifs is 3. The number of aromatic nitrogens is 3. The Hall–Kier alpha value is -2.28. The molecule has 0 spiro atoms. The van der Waals surface area contributed by atoms with Crippen LogP contribution < -0.4 is 0 Å². The van der Waals surface area contributed by atoms with Gasteiger partial charge in [-0.1, -0.05) is 0 Å². The molecule has 0 radical (unpaired) electrons. The largest absolute Gasteiger partial charge is 0.320 e. The fourth-order valence-electron chi connectivity index (χ4n) is 1.91. The van der Waals surface area contributed by atoms with Crippen LogP contribution in [0.1, 0.15) is 11.3 Å². The number of hydrogen-bond donors (Lipinski definition) is 0. The molecule has 3 aromatic rings. The van der Waals surface area contributed by atoms with Gasteiger partial charge in [0.15, 0.2) is 0 Å². The van der Waals surface area contributed by atoms with E-state index in [1.165, 1.54) is 0 Å². The Morgan fingerprint density at radius 2 is 2.33 bits per heavy atom. The Morgan fingerprint density at radius 3 is 3.13 bits per heavy atom. The summed E-state index contributed by atoms with van der Waals surface area (Å²) in [5, 5.41) is 13.2. The van der Waals surface area contributed by atoms with Gasteiger partial charge in [0, 0.05) is 12.4 Å². The van der Waals surface area contributed by atoms with Crippen LogP contribution in [0.15, 0.2) is 30.7 Å². The van der Waals surface area contributed by atoms with Crippen LogP contribution in [0, 0.1) is 18.3 Å². The monoisotopic (exact) mass is 196 g/mol. The molecule has 0 atom stereocenters. The Bertz CT molecular complexity index is 696. The zero-order valence-electron chi connectivity index (χ0n) is 8.18. The van der Waals surface area contributed by atoms with Crippen LogP contribution in [-0.4, -0.2) is 14.0 Å². The molecule has 0 saturated carbocycles. The molecule has 0 aromatic carbocycles. The Kier molecular flexibility index (Phi) is 1.40. The molecule has 3 aromatic heterocycles. The first-order valence-corrected chi connectivity index (χ1v) is 4.65. The Labute approximate surface area is 86.0 Å². The summed E-state index contributed by atoms with van der Waals surface area (Å²) in [5.41, 5.74) is 3.51. The van der Waals surface area contributed by atoms with E-state index in [1.54, 1.807) is 10.7 Å². The van der Waals surface area contributed by atoms with Crippen LogP contribution >= 0.6 is 0 Å². The summed E-state index contributed by atoms with van der Waals surface area (Å²) in [6.07, 6.45) is 5.57. The van der Waals surface area contributed by atoms with E-state index >= 15 is 0 Å². The van der Waals surface area contributed by atoms with Crippen molar-refractivity contribution in [3.8, 4) is 6.07 Å².